The third kappa shape index (κ3) is 1.82. The Labute approximate surface area is 69.4 Å². The van der Waals surface area contributed by atoms with Gasteiger partial charge in [-0.15, -0.1) is 0 Å². The molecule has 0 atom stereocenters. The normalized spacial score (nSPS) is 9.00. The molecule has 0 aliphatic heterocycles. The number of carbonyl (C=O) groups excluding carboxylic acids is 2. The summed E-state index contributed by atoms with van der Waals surface area (Å²) in [5.74, 6) is -0.479. The van der Waals surface area contributed by atoms with Gasteiger partial charge in [0.15, 0.2) is 0 Å². The van der Waals surface area contributed by atoms with Crippen molar-refractivity contribution in [2.75, 3.05) is 5.32 Å². The molecule has 4 heteroatoms. The highest BCUT2D eigenvalue weighted by atomic mass is 16.1. The average Bonchev–Trinajstić information content (AvgIpc) is 2.06. The van der Waals surface area contributed by atoms with Crippen LogP contribution in [-0.4, -0.2) is 12.3 Å². The third-order valence-corrected chi connectivity index (χ3v) is 1.40. The Hall–Kier alpha value is -1.84. The molecule has 0 saturated carbocycles. The van der Waals surface area contributed by atoms with Crippen LogP contribution in [0.25, 0.3) is 0 Å². The summed E-state index contributed by atoms with van der Waals surface area (Å²) < 4.78 is 0. The average molecular weight is 164 g/mol. The zero-order chi connectivity index (χ0) is 8.97. The summed E-state index contributed by atoms with van der Waals surface area (Å²) in [6.45, 7) is 0. The van der Waals surface area contributed by atoms with Crippen LogP contribution in [0.1, 0.15) is 10.4 Å². The van der Waals surface area contributed by atoms with E-state index in [2.05, 4.69) is 5.32 Å². The van der Waals surface area contributed by atoms with Crippen molar-refractivity contribution in [2.24, 2.45) is 5.73 Å². The predicted molar refractivity (Wildman–Crippen MR) is 44.6 cm³/mol. The van der Waals surface area contributed by atoms with Gasteiger partial charge < -0.3 is 11.1 Å². The Morgan fingerprint density at radius 3 is 2.33 bits per heavy atom. The minimum atomic E-state index is -0.479. The molecule has 62 valence electrons. The number of hydrogen-bond donors (Lipinski definition) is 2. The first kappa shape index (κ1) is 8.26. The molecule has 1 rings (SSSR count). The van der Waals surface area contributed by atoms with E-state index in [1.54, 1.807) is 24.3 Å². The van der Waals surface area contributed by atoms with Crippen molar-refractivity contribution in [3.05, 3.63) is 29.8 Å². The third-order valence-electron chi connectivity index (χ3n) is 1.40. The summed E-state index contributed by atoms with van der Waals surface area (Å²) >= 11 is 0. The second kappa shape index (κ2) is 3.52. The van der Waals surface area contributed by atoms with E-state index in [9.17, 15) is 9.59 Å². The molecule has 0 spiro atoms. The highest BCUT2D eigenvalue weighted by Gasteiger charge is 1.97. The van der Waals surface area contributed by atoms with Gasteiger partial charge in [0.2, 0.25) is 12.3 Å². The van der Waals surface area contributed by atoms with Crippen LogP contribution >= 0.6 is 0 Å². The molecule has 0 aromatic heterocycles. The smallest absolute Gasteiger partial charge is 0.248 e. The van der Waals surface area contributed by atoms with Gasteiger partial charge in [0.05, 0.1) is 0 Å². The number of anilines is 1. The van der Waals surface area contributed by atoms with Gasteiger partial charge in [0.25, 0.3) is 0 Å². The van der Waals surface area contributed by atoms with E-state index in [0.717, 1.165) is 0 Å². The molecule has 0 unspecified atom stereocenters. The molecule has 0 heterocycles. The number of rotatable bonds is 3. The molecule has 12 heavy (non-hydrogen) atoms. The van der Waals surface area contributed by atoms with Crippen LogP contribution in [0, 0.1) is 0 Å². The lowest BCUT2D eigenvalue weighted by Gasteiger charge is -1.98. The molecule has 0 saturated heterocycles. The van der Waals surface area contributed by atoms with Gasteiger partial charge in [0, 0.05) is 11.3 Å². The maximum atomic E-state index is 10.6. The van der Waals surface area contributed by atoms with Crippen molar-refractivity contribution in [1.82, 2.24) is 0 Å². The standard InChI is InChI=1S/C8H8N2O2/c9-8(12)6-1-3-7(4-2-6)10-5-11/h1-5H,(H2,9,12)(H,10,11). The fraction of sp³-hybridized carbons (Fsp3) is 0. The lowest BCUT2D eigenvalue weighted by Crippen LogP contribution is -2.10. The van der Waals surface area contributed by atoms with Crippen LogP contribution in [0.2, 0.25) is 0 Å². The van der Waals surface area contributed by atoms with Gasteiger partial charge in [-0.3, -0.25) is 9.59 Å². The minimum Gasteiger partial charge on any atom is -0.366 e. The largest absolute Gasteiger partial charge is 0.366 e. The molecule has 0 aliphatic carbocycles. The highest BCUT2D eigenvalue weighted by Crippen LogP contribution is 2.07. The van der Waals surface area contributed by atoms with Gasteiger partial charge in [-0.25, -0.2) is 0 Å². The van der Waals surface area contributed by atoms with E-state index < -0.39 is 5.91 Å². The molecular weight excluding hydrogens is 156 g/mol. The highest BCUT2D eigenvalue weighted by molar-refractivity contribution is 5.93. The van der Waals surface area contributed by atoms with Crippen molar-refractivity contribution >= 4 is 18.0 Å². The second-order valence-corrected chi connectivity index (χ2v) is 2.20. The van der Waals surface area contributed by atoms with Gasteiger partial charge in [-0.2, -0.15) is 0 Å². The molecular formula is C8H8N2O2. The van der Waals surface area contributed by atoms with Crippen LogP contribution < -0.4 is 11.1 Å². The van der Waals surface area contributed by atoms with Gasteiger partial charge >= 0.3 is 0 Å². The number of benzene rings is 1. The van der Waals surface area contributed by atoms with Crippen molar-refractivity contribution < 1.29 is 9.59 Å². The van der Waals surface area contributed by atoms with E-state index >= 15 is 0 Å². The van der Waals surface area contributed by atoms with E-state index in [1.807, 2.05) is 0 Å². The Morgan fingerprint density at radius 1 is 1.33 bits per heavy atom. The maximum absolute atomic E-state index is 10.6. The lowest BCUT2D eigenvalue weighted by atomic mass is 10.2. The number of nitrogens with two attached hydrogens (primary N) is 1. The van der Waals surface area contributed by atoms with Crippen molar-refractivity contribution in [1.29, 1.82) is 0 Å². The number of hydrogen-bond acceptors (Lipinski definition) is 2. The van der Waals surface area contributed by atoms with Crippen LogP contribution in [0.5, 0.6) is 0 Å². The maximum Gasteiger partial charge on any atom is 0.248 e. The Kier molecular flexibility index (Phi) is 2.42. The summed E-state index contributed by atoms with van der Waals surface area (Å²) in [5, 5.41) is 2.44. The van der Waals surface area contributed by atoms with Gasteiger partial charge in [-0.1, -0.05) is 0 Å². The summed E-state index contributed by atoms with van der Waals surface area (Å²) in [4.78, 5) is 20.6. The van der Waals surface area contributed by atoms with Gasteiger partial charge in [0.1, 0.15) is 0 Å². The number of carbonyl (C=O) groups is 2. The first-order chi connectivity index (χ1) is 5.74. The predicted octanol–water partition coefficient (Wildman–Crippen LogP) is 0.354. The molecule has 0 fully saturated rings. The zero-order valence-electron chi connectivity index (χ0n) is 6.28. The Morgan fingerprint density at radius 2 is 1.92 bits per heavy atom. The molecule has 0 radical (unpaired) electrons. The monoisotopic (exact) mass is 164 g/mol. The van der Waals surface area contributed by atoms with Gasteiger partial charge in [-0.05, 0) is 24.3 Å². The van der Waals surface area contributed by atoms with Crippen LogP contribution in [0.15, 0.2) is 24.3 Å². The summed E-state index contributed by atoms with van der Waals surface area (Å²) in [6.07, 6.45) is 0.569. The molecule has 3 N–H and O–H groups in total. The molecule has 2 amide bonds. The number of primary amides is 1. The van der Waals surface area contributed by atoms with E-state index in [4.69, 9.17) is 5.73 Å². The van der Waals surface area contributed by atoms with E-state index in [0.29, 0.717) is 17.7 Å². The topological polar surface area (TPSA) is 72.2 Å². The van der Waals surface area contributed by atoms with Crippen molar-refractivity contribution in [2.45, 2.75) is 0 Å². The Balaban J connectivity index is 2.85. The molecule has 0 aliphatic rings. The van der Waals surface area contributed by atoms with Crippen LogP contribution in [0.4, 0.5) is 5.69 Å². The minimum absolute atomic E-state index is 0.423. The summed E-state index contributed by atoms with van der Waals surface area (Å²) in [7, 11) is 0. The number of amides is 2. The number of nitrogens with one attached hydrogen (secondary N) is 1. The first-order valence-electron chi connectivity index (χ1n) is 3.34. The van der Waals surface area contributed by atoms with Crippen molar-refractivity contribution in [3.8, 4) is 0 Å². The van der Waals surface area contributed by atoms with Crippen LogP contribution in [-0.2, 0) is 4.79 Å². The summed E-state index contributed by atoms with van der Waals surface area (Å²) in [5.41, 5.74) is 6.07. The van der Waals surface area contributed by atoms with Crippen LogP contribution in [0.3, 0.4) is 0 Å². The second-order valence-electron chi connectivity index (χ2n) is 2.20. The lowest BCUT2D eigenvalue weighted by molar-refractivity contribution is -0.105. The fourth-order valence-electron chi connectivity index (χ4n) is 0.799. The van der Waals surface area contributed by atoms with E-state index in [-0.39, 0.29) is 0 Å². The quantitative estimate of drug-likeness (QED) is 0.633. The van der Waals surface area contributed by atoms with E-state index in [1.165, 1.54) is 0 Å². The molecule has 1 aromatic rings. The summed E-state index contributed by atoms with van der Waals surface area (Å²) in [6, 6.07) is 6.31. The SMILES string of the molecule is NC(=O)c1ccc(NC=O)cc1. The molecule has 4 nitrogen and oxygen atoms in total. The zero-order valence-corrected chi connectivity index (χ0v) is 6.28. The van der Waals surface area contributed by atoms with Crippen molar-refractivity contribution in [3.63, 3.8) is 0 Å². The first-order valence-corrected chi connectivity index (χ1v) is 3.34. The molecule has 1 aromatic carbocycles. The fourth-order valence-corrected chi connectivity index (χ4v) is 0.799. The Bertz CT molecular complexity index is 292. The molecule has 0 bridgehead atoms.